The second kappa shape index (κ2) is 14.4. The van der Waals surface area contributed by atoms with Gasteiger partial charge in [0.2, 0.25) is 0 Å². The first kappa shape index (κ1) is 21.1. The van der Waals surface area contributed by atoms with Crippen LogP contribution in [0.4, 0.5) is 0 Å². The highest BCUT2D eigenvalue weighted by Crippen LogP contribution is 2.20. The zero-order valence-electron chi connectivity index (χ0n) is 15.9. The molecular weight excluding hydrogens is 308 g/mol. The highest BCUT2D eigenvalue weighted by Gasteiger charge is 2.01. The quantitative estimate of drug-likeness (QED) is 0.483. The van der Waals surface area contributed by atoms with E-state index >= 15 is 0 Å². The van der Waals surface area contributed by atoms with Gasteiger partial charge in [-0.25, -0.2) is 0 Å². The van der Waals surface area contributed by atoms with Crippen molar-refractivity contribution in [2.45, 2.75) is 65.2 Å². The first-order valence-electron chi connectivity index (χ1n) is 9.72. The van der Waals surface area contributed by atoms with Crippen molar-refractivity contribution in [1.29, 1.82) is 0 Å². The fourth-order valence-electron chi connectivity index (χ4n) is 2.71. The van der Waals surface area contributed by atoms with E-state index in [9.17, 15) is 0 Å². The molecule has 1 N–H and O–H groups in total. The molecule has 0 atom stereocenters. The monoisotopic (exact) mass is 342 g/mol. The number of aromatic hydroxyl groups is 1. The van der Waals surface area contributed by atoms with Gasteiger partial charge in [0, 0.05) is 0 Å². The number of rotatable bonds is 10. The molecule has 0 amide bonds. The Bertz CT molecular complexity index is 537. The summed E-state index contributed by atoms with van der Waals surface area (Å²) in [6, 6.07) is 17.2. The largest absolute Gasteiger partial charge is 0.508 e. The third-order valence-corrected chi connectivity index (χ3v) is 4.08. The summed E-state index contributed by atoms with van der Waals surface area (Å²) in [4.78, 5) is 0. The standard InChI is InChI=1S/C17H28O.C6H6O/c1-3-5-6-7-8-9-10-13-16-14-11-12-15-17(16)18-4-2;7-6-4-2-1-3-5-6/h11-12,14-15H,3-10,13H2,1-2H3;1-5,7H. The van der Waals surface area contributed by atoms with E-state index in [-0.39, 0.29) is 0 Å². The van der Waals surface area contributed by atoms with E-state index < -0.39 is 0 Å². The maximum atomic E-state index is 8.63. The summed E-state index contributed by atoms with van der Waals surface area (Å²) in [6.45, 7) is 5.07. The highest BCUT2D eigenvalue weighted by molar-refractivity contribution is 5.33. The van der Waals surface area contributed by atoms with Crippen molar-refractivity contribution in [2.24, 2.45) is 0 Å². The first-order chi connectivity index (χ1) is 12.3. The van der Waals surface area contributed by atoms with Crippen molar-refractivity contribution in [2.75, 3.05) is 6.61 Å². The Balaban J connectivity index is 0.000000370. The molecule has 2 nitrogen and oxygen atoms in total. The zero-order chi connectivity index (χ0) is 18.2. The molecule has 0 spiro atoms. The van der Waals surface area contributed by atoms with Gasteiger partial charge >= 0.3 is 0 Å². The Kier molecular flexibility index (Phi) is 12.1. The number of hydrogen-bond donors (Lipinski definition) is 1. The van der Waals surface area contributed by atoms with Gasteiger partial charge in [0.15, 0.2) is 0 Å². The zero-order valence-corrected chi connectivity index (χ0v) is 15.9. The Labute approximate surface area is 153 Å². The summed E-state index contributed by atoms with van der Waals surface area (Å²) < 4.78 is 5.65. The van der Waals surface area contributed by atoms with Crippen LogP contribution in [0.25, 0.3) is 0 Å². The topological polar surface area (TPSA) is 29.5 Å². The van der Waals surface area contributed by atoms with Crippen molar-refractivity contribution >= 4 is 0 Å². The number of phenolic OH excluding ortho intramolecular Hbond substituents is 1. The van der Waals surface area contributed by atoms with Crippen LogP contribution in [0, 0.1) is 0 Å². The lowest BCUT2D eigenvalue weighted by Crippen LogP contribution is -1.96. The Hall–Kier alpha value is -1.96. The van der Waals surface area contributed by atoms with Crippen LogP contribution in [0.1, 0.15) is 64.4 Å². The van der Waals surface area contributed by atoms with E-state index in [0.29, 0.717) is 5.75 Å². The molecule has 25 heavy (non-hydrogen) atoms. The molecule has 138 valence electrons. The van der Waals surface area contributed by atoms with Gasteiger partial charge < -0.3 is 9.84 Å². The van der Waals surface area contributed by atoms with E-state index in [1.54, 1.807) is 24.3 Å². The predicted molar refractivity (Wildman–Crippen MR) is 107 cm³/mol. The number of benzene rings is 2. The molecule has 2 aromatic rings. The van der Waals surface area contributed by atoms with E-state index in [2.05, 4.69) is 31.2 Å². The summed E-state index contributed by atoms with van der Waals surface area (Å²) >= 11 is 0. The van der Waals surface area contributed by atoms with Crippen LogP contribution in [-0.4, -0.2) is 11.7 Å². The average molecular weight is 343 g/mol. The van der Waals surface area contributed by atoms with Crippen LogP contribution < -0.4 is 4.74 Å². The van der Waals surface area contributed by atoms with Crippen LogP contribution in [-0.2, 0) is 6.42 Å². The lowest BCUT2D eigenvalue weighted by atomic mass is 10.0. The normalized spacial score (nSPS) is 10.0. The second-order valence-corrected chi connectivity index (χ2v) is 6.25. The lowest BCUT2D eigenvalue weighted by Gasteiger charge is -2.09. The number of unbranched alkanes of at least 4 members (excludes halogenated alkanes) is 6. The number of aryl methyl sites for hydroxylation is 1. The van der Waals surface area contributed by atoms with Crippen molar-refractivity contribution in [3.63, 3.8) is 0 Å². The SMILES string of the molecule is CCCCCCCCCc1ccccc1OCC.Oc1ccccc1. The summed E-state index contributed by atoms with van der Waals surface area (Å²) in [7, 11) is 0. The van der Waals surface area contributed by atoms with Crippen LogP contribution in [0.15, 0.2) is 54.6 Å². The molecule has 0 aliphatic carbocycles. The number of para-hydroxylation sites is 2. The highest BCUT2D eigenvalue weighted by atomic mass is 16.5. The first-order valence-corrected chi connectivity index (χ1v) is 9.72. The fourth-order valence-corrected chi connectivity index (χ4v) is 2.71. The van der Waals surface area contributed by atoms with Crippen LogP contribution in [0.2, 0.25) is 0 Å². The van der Waals surface area contributed by atoms with Crippen molar-refractivity contribution in [1.82, 2.24) is 0 Å². The summed E-state index contributed by atoms with van der Waals surface area (Å²) in [6.07, 6.45) is 10.7. The van der Waals surface area contributed by atoms with E-state index in [0.717, 1.165) is 18.8 Å². The van der Waals surface area contributed by atoms with Gasteiger partial charge in [-0.05, 0) is 43.5 Å². The minimum atomic E-state index is 0.322. The molecule has 0 aliphatic heterocycles. The number of hydrogen-bond acceptors (Lipinski definition) is 2. The van der Waals surface area contributed by atoms with Gasteiger partial charge in [-0.3, -0.25) is 0 Å². The van der Waals surface area contributed by atoms with Gasteiger partial charge in [-0.1, -0.05) is 81.8 Å². The van der Waals surface area contributed by atoms with Gasteiger partial charge in [-0.2, -0.15) is 0 Å². The summed E-state index contributed by atoms with van der Waals surface area (Å²) in [5, 5.41) is 8.63. The molecule has 0 saturated carbocycles. The Morgan fingerprint density at radius 2 is 1.32 bits per heavy atom. The second-order valence-electron chi connectivity index (χ2n) is 6.25. The molecule has 0 aliphatic rings. The minimum Gasteiger partial charge on any atom is -0.508 e. The molecule has 0 fully saturated rings. The molecule has 0 unspecified atom stereocenters. The molecule has 0 saturated heterocycles. The molecule has 2 aromatic carbocycles. The van der Waals surface area contributed by atoms with Crippen LogP contribution in [0.5, 0.6) is 11.5 Å². The Morgan fingerprint density at radius 1 is 0.720 bits per heavy atom. The van der Waals surface area contributed by atoms with Gasteiger partial charge in [0.25, 0.3) is 0 Å². The van der Waals surface area contributed by atoms with Gasteiger partial charge in [0.05, 0.1) is 6.61 Å². The minimum absolute atomic E-state index is 0.322. The van der Waals surface area contributed by atoms with Crippen LogP contribution >= 0.6 is 0 Å². The molecule has 0 radical (unpaired) electrons. The molecule has 2 heteroatoms. The Morgan fingerprint density at radius 3 is 1.92 bits per heavy atom. The molecular formula is C23H34O2. The van der Waals surface area contributed by atoms with E-state index in [4.69, 9.17) is 9.84 Å². The van der Waals surface area contributed by atoms with E-state index in [1.807, 2.05) is 13.0 Å². The van der Waals surface area contributed by atoms with Crippen molar-refractivity contribution in [3.8, 4) is 11.5 Å². The van der Waals surface area contributed by atoms with E-state index in [1.165, 1.54) is 50.5 Å². The van der Waals surface area contributed by atoms with Crippen molar-refractivity contribution in [3.05, 3.63) is 60.2 Å². The smallest absolute Gasteiger partial charge is 0.122 e. The fraction of sp³-hybridized carbons (Fsp3) is 0.478. The number of phenols is 1. The van der Waals surface area contributed by atoms with Gasteiger partial charge in [-0.15, -0.1) is 0 Å². The van der Waals surface area contributed by atoms with Crippen molar-refractivity contribution < 1.29 is 9.84 Å². The maximum absolute atomic E-state index is 8.63. The lowest BCUT2D eigenvalue weighted by molar-refractivity contribution is 0.336. The maximum Gasteiger partial charge on any atom is 0.122 e. The van der Waals surface area contributed by atoms with Gasteiger partial charge in [0.1, 0.15) is 11.5 Å². The third-order valence-electron chi connectivity index (χ3n) is 4.08. The molecule has 0 heterocycles. The third kappa shape index (κ3) is 10.5. The molecule has 0 bridgehead atoms. The average Bonchev–Trinajstić information content (AvgIpc) is 2.64. The molecule has 0 aromatic heterocycles. The summed E-state index contributed by atoms with van der Waals surface area (Å²) in [5.41, 5.74) is 1.37. The molecule has 2 rings (SSSR count). The van der Waals surface area contributed by atoms with Crippen LogP contribution in [0.3, 0.4) is 0 Å². The summed E-state index contributed by atoms with van der Waals surface area (Å²) in [5.74, 6) is 1.40. The number of ether oxygens (including phenoxy) is 1. The predicted octanol–water partition coefficient (Wildman–Crippen LogP) is 6.77.